The summed E-state index contributed by atoms with van der Waals surface area (Å²) in [4.78, 5) is 14.6. The van der Waals surface area contributed by atoms with E-state index in [4.69, 9.17) is 16.3 Å². The minimum Gasteiger partial charge on any atom is -0.483 e. The van der Waals surface area contributed by atoms with Crippen LogP contribution in [0.4, 0.5) is 0 Å². The topological polar surface area (TPSA) is 63.7 Å². The van der Waals surface area contributed by atoms with Crippen LogP contribution in [0.25, 0.3) is 0 Å². The Labute approximate surface area is 171 Å². The van der Waals surface area contributed by atoms with Gasteiger partial charge in [0.15, 0.2) is 16.4 Å². The summed E-state index contributed by atoms with van der Waals surface area (Å²) in [6.45, 7) is 4.06. The predicted molar refractivity (Wildman–Crippen MR) is 110 cm³/mol. The molecule has 1 fully saturated rings. The van der Waals surface area contributed by atoms with Crippen LogP contribution in [0.15, 0.2) is 42.5 Å². The monoisotopic (exact) mass is 421 g/mol. The highest BCUT2D eigenvalue weighted by molar-refractivity contribution is 7.91. The number of rotatable bonds is 6. The van der Waals surface area contributed by atoms with Crippen LogP contribution < -0.4 is 4.74 Å². The quantitative estimate of drug-likeness (QED) is 0.715. The second-order valence-corrected chi connectivity index (χ2v) is 9.88. The summed E-state index contributed by atoms with van der Waals surface area (Å²) in [6, 6.07) is 12.7. The van der Waals surface area contributed by atoms with Crippen molar-refractivity contribution in [1.82, 2.24) is 4.90 Å². The number of carbonyl (C=O) groups is 1. The van der Waals surface area contributed by atoms with Gasteiger partial charge in [-0.15, -0.1) is 0 Å². The Morgan fingerprint density at radius 1 is 1.14 bits per heavy atom. The number of ether oxygens (including phenoxy) is 1. The molecular weight excluding hydrogens is 398 g/mol. The molecule has 0 radical (unpaired) electrons. The van der Waals surface area contributed by atoms with E-state index in [0.717, 1.165) is 16.7 Å². The Kier molecular flexibility index (Phi) is 6.30. The fraction of sp³-hybridized carbons (Fsp3) is 0.381. The van der Waals surface area contributed by atoms with Gasteiger partial charge in [0.1, 0.15) is 5.75 Å². The molecule has 0 aliphatic carbocycles. The summed E-state index contributed by atoms with van der Waals surface area (Å²) in [5.74, 6) is 0.580. The zero-order valence-corrected chi connectivity index (χ0v) is 17.6. The van der Waals surface area contributed by atoms with E-state index in [1.165, 1.54) is 0 Å². The molecule has 150 valence electrons. The second kappa shape index (κ2) is 8.53. The van der Waals surface area contributed by atoms with Crippen molar-refractivity contribution in [1.29, 1.82) is 0 Å². The minimum atomic E-state index is -3.11. The van der Waals surface area contributed by atoms with E-state index in [2.05, 4.69) is 0 Å². The molecule has 2 aromatic rings. The molecule has 0 aromatic heterocycles. The molecule has 1 amide bonds. The van der Waals surface area contributed by atoms with Crippen molar-refractivity contribution in [3.05, 3.63) is 64.2 Å². The minimum absolute atomic E-state index is 0.00424. The van der Waals surface area contributed by atoms with Crippen molar-refractivity contribution in [2.24, 2.45) is 0 Å². The smallest absolute Gasteiger partial charge is 0.261 e. The Hall–Kier alpha value is -2.05. The van der Waals surface area contributed by atoms with E-state index in [9.17, 15) is 13.2 Å². The third-order valence-corrected chi connectivity index (χ3v) is 6.99. The molecule has 7 heteroatoms. The van der Waals surface area contributed by atoms with Crippen molar-refractivity contribution in [3.8, 4) is 5.75 Å². The molecule has 5 nitrogen and oxygen atoms in total. The van der Waals surface area contributed by atoms with Gasteiger partial charge in [0, 0.05) is 17.6 Å². The number of hydrogen-bond donors (Lipinski definition) is 0. The van der Waals surface area contributed by atoms with Crippen LogP contribution in [0.1, 0.15) is 23.1 Å². The molecule has 1 atom stereocenters. The van der Waals surface area contributed by atoms with Crippen molar-refractivity contribution >= 4 is 27.3 Å². The molecule has 0 spiro atoms. The van der Waals surface area contributed by atoms with Gasteiger partial charge >= 0.3 is 0 Å². The number of carbonyl (C=O) groups excluding carboxylic acids is 1. The van der Waals surface area contributed by atoms with E-state index >= 15 is 0 Å². The average Bonchev–Trinajstić information content (AvgIpc) is 3.00. The first-order valence-electron chi connectivity index (χ1n) is 9.18. The largest absolute Gasteiger partial charge is 0.483 e. The van der Waals surface area contributed by atoms with Crippen molar-refractivity contribution in [2.45, 2.75) is 32.9 Å². The van der Waals surface area contributed by atoms with Gasteiger partial charge < -0.3 is 9.64 Å². The van der Waals surface area contributed by atoms with Crippen LogP contribution in [-0.4, -0.2) is 43.4 Å². The molecule has 1 heterocycles. The number of sulfone groups is 1. The number of aryl methyl sites for hydroxylation is 2. The Balaban J connectivity index is 1.77. The van der Waals surface area contributed by atoms with E-state index in [0.29, 0.717) is 23.7 Å². The normalized spacial score (nSPS) is 18.0. The number of nitrogens with zero attached hydrogens (tertiary/aromatic N) is 1. The molecule has 1 aliphatic heterocycles. The molecule has 0 saturated carbocycles. The Morgan fingerprint density at radius 2 is 1.79 bits per heavy atom. The molecular formula is C21H24ClNO4S. The predicted octanol–water partition coefficient (Wildman–Crippen LogP) is 3.55. The molecule has 0 N–H and O–H groups in total. The van der Waals surface area contributed by atoms with Crippen LogP contribution in [-0.2, 0) is 21.2 Å². The third-order valence-electron chi connectivity index (χ3n) is 4.98. The number of amides is 1. The Bertz CT molecular complexity index is 937. The zero-order chi connectivity index (χ0) is 20.3. The number of hydrogen-bond acceptors (Lipinski definition) is 4. The summed E-state index contributed by atoms with van der Waals surface area (Å²) in [5.41, 5.74) is 2.81. The van der Waals surface area contributed by atoms with Crippen LogP contribution in [0, 0.1) is 13.8 Å². The Morgan fingerprint density at radius 3 is 2.36 bits per heavy atom. The molecule has 1 saturated heterocycles. The fourth-order valence-electron chi connectivity index (χ4n) is 3.47. The van der Waals surface area contributed by atoms with Crippen molar-refractivity contribution in [2.75, 3.05) is 18.1 Å². The van der Waals surface area contributed by atoms with Gasteiger partial charge in [0.05, 0.1) is 11.5 Å². The highest BCUT2D eigenvalue weighted by Crippen LogP contribution is 2.24. The average molecular weight is 422 g/mol. The maximum absolute atomic E-state index is 13.0. The van der Waals surface area contributed by atoms with E-state index in [-0.39, 0.29) is 30.1 Å². The maximum Gasteiger partial charge on any atom is 0.261 e. The van der Waals surface area contributed by atoms with E-state index < -0.39 is 9.84 Å². The number of halogens is 1. The first kappa shape index (κ1) is 20.7. The summed E-state index contributed by atoms with van der Waals surface area (Å²) in [7, 11) is -3.11. The lowest BCUT2D eigenvalue weighted by Gasteiger charge is -2.28. The second-order valence-electron chi connectivity index (χ2n) is 7.21. The standard InChI is InChI=1S/C21H24ClNO4S/c1-15-4-3-5-16(2)21(15)27-13-20(24)23(19-10-11-28(25,26)14-19)12-17-6-8-18(22)9-7-17/h3-9,19H,10-14H2,1-2H3/t19-/m1/s1. The third kappa shape index (κ3) is 5.06. The SMILES string of the molecule is Cc1cccc(C)c1OCC(=O)N(Cc1ccc(Cl)cc1)[C@@H]1CCS(=O)(=O)C1. The van der Waals surface area contributed by atoms with Gasteiger partial charge in [-0.05, 0) is 49.1 Å². The summed E-state index contributed by atoms with van der Waals surface area (Å²) >= 11 is 5.94. The van der Waals surface area contributed by atoms with Gasteiger partial charge in [-0.2, -0.15) is 0 Å². The highest BCUT2D eigenvalue weighted by atomic mass is 35.5. The lowest BCUT2D eigenvalue weighted by molar-refractivity contribution is -0.136. The highest BCUT2D eigenvalue weighted by Gasteiger charge is 2.34. The maximum atomic E-state index is 13.0. The van der Waals surface area contributed by atoms with Gasteiger partial charge in [-0.1, -0.05) is 41.9 Å². The summed E-state index contributed by atoms with van der Waals surface area (Å²) < 4.78 is 29.7. The lowest BCUT2D eigenvalue weighted by atomic mass is 10.1. The molecule has 1 aliphatic rings. The van der Waals surface area contributed by atoms with Crippen LogP contribution in [0.2, 0.25) is 5.02 Å². The summed E-state index contributed by atoms with van der Waals surface area (Å²) in [6.07, 6.45) is 0.449. The zero-order valence-electron chi connectivity index (χ0n) is 16.0. The molecule has 2 aromatic carbocycles. The van der Waals surface area contributed by atoms with Gasteiger partial charge in [0.25, 0.3) is 5.91 Å². The first-order chi connectivity index (χ1) is 13.2. The number of benzene rings is 2. The lowest BCUT2D eigenvalue weighted by Crippen LogP contribution is -2.43. The van der Waals surface area contributed by atoms with Gasteiger partial charge in [-0.3, -0.25) is 4.79 Å². The number of para-hydroxylation sites is 1. The summed E-state index contributed by atoms with van der Waals surface area (Å²) in [5, 5.41) is 0.614. The molecule has 0 bridgehead atoms. The van der Waals surface area contributed by atoms with Gasteiger partial charge in [-0.25, -0.2) is 8.42 Å². The first-order valence-corrected chi connectivity index (χ1v) is 11.4. The molecule has 3 rings (SSSR count). The fourth-order valence-corrected chi connectivity index (χ4v) is 5.33. The van der Waals surface area contributed by atoms with Crippen molar-refractivity contribution in [3.63, 3.8) is 0 Å². The van der Waals surface area contributed by atoms with Crippen LogP contribution >= 0.6 is 11.6 Å². The van der Waals surface area contributed by atoms with Gasteiger partial charge in [0.2, 0.25) is 0 Å². The van der Waals surface area contributed by atoms with E-state index in [1.54, 1.807) is 17.0 Å². The van der Waals surface area contributed by atoms with Crippen LogP contribution in [0.5, 0.6) is 5.75 Å². The van der Waals surface area contributed by atoms with E-state index in [1.807, 2.05) is 44.2 Å². The molecule has 0 unspecified atom stereocenters. The molecule has 28 heavy (non-hydrogen) atoms. The van der Waals surface area contributed by atoms with Crippen LogP contribution in [0.3, 0.4) is 0 Å². The van der Waals surface area contributed by atoms with Crippen molar-refractivity contribution < 1.29 is 17.9 Å².